The van der Waals surface area contributed by atoms with Crippen molar-refractivity contribution in [3.8, 4) is 11.3 Å². The summed E-state index contributed by atoms with van der Waals surface area (Å²) in [4.78, 5) is 41.3. The molecule has 0 radical (unpaired) electrons. The lowest BCUT2D eigenvalue weighted by Crippen LogP contribution is -2.36. The van der Waals surface area contributed by atoms with Crippen molar-refractivity contribution >= 4 is 38.6 Å². The number of hydrogen-bond acceptors (Lipinski definition) is 7. The molecule has 9 nitrogen and oxygen atoms in total. The predicted octanol–water partition coefficient (Wildman–Crippen LogP) is 6.24. The van der Waals surface area contributed by atoms with Gasteiger partial charge in [0.1, 0.15) is 0 Å². The SMILES string of the molecule is CCCN(CC1CC1)c1nccc(-c2ccc(C(=O)NS(=O)(=O)c3ccc4ccccc4c3)cc2C(=O)N2CCc3ccccc3C2)n1. The van der Waals surface area contributed by atoms with Crippen LogP contribution in [0.4, 0.5) is 5.95 Å². The van der Waals surface area contributed by atoms with Crippen LogP contribution in [0.15, 0.2) is 102 Å². The number of amides is 2. The van der Waals surface area contributed by atoms with Gasteiger partial charge in [-0.3, -0.25) is 9.59 Å². The maximum Gasteiger partial charge on any atom is 0.265 e. The maximum absolute atomic E-state index is 14.3. The number of benzene rings is 4. The molecule has 2 heterocycles. The minimum Gasteiger partial charge on any atom is -0.341 e. The van der Waals surface area contributed by atoms with Gasteiger partial charge in [0.05, 0.1) is 10.6 Å². The number of carbonyl (C=O) groups is 2. The zero-order valence-corrected chi connectivity index (χ0v) is 27.6. The fourth-order valence-electron chi connectivity index (χ4n) is 6.31. The molecule has 7 rings (SSSR count). The third-order valence-electron chi connectivity index (χ3n) is 9.06. The van der Waals surface area contributed by atoms with Crippen LogP contribution in [0.3, 0.4) is 0 Å². The van der Waals surface area contributed by atoms with Crippen molar-refractivity contribution in [2.24, 2.45) is 5.92 Å². The third-order valence-corrected chi connectivity index (χ3v) is 10.4. The van der Waals surface area contributed by atoms with Gasteiger partial charge in [-0.2, -0.15) is 0 Å². The Morgan fingerprint density at radius 2 is 1.69 bits per heavy atom. The Morgan fingerprint density at radius 1 is 0.917 bits per heavy atom. The highest BCUT2D eigenvalue weighted by Crippen LogP contribution is 2.32. The van der Waals surface area contributed by atoms with Crippen LogP contribution in [0.1, 0.15) is 58.0 Å². The number of sulfonamides is 1. The maximum atomic E-state index is 14.3. The van der Waals surface area contributed by atoms with Crippen LogP contribution >= 0.6 is 0 Å². The number of fused-ring (bicyclic) bond motifs is 2. The molecule has 5 aromatic rings. The molecular weight excluding hydrogens is 623 g/mol. The monoisotopic (exact) mass is 659 g/mol. The first kappa shape index (κ1) is 31.5. The summed E-state index contributed by atoms with van der Waals surface area (Å²) in [6.07, 6.45) is 5.78. The molecule has 1 N–H and O–H groups in total. The smallest absolute Gasteiger partial charge is 0.265 e. The largest absolute Gasteiger partial charge is 0.341 e. The lowest BCUT2D eigenvalue weighted by Gasteiger charge is -2.29. The number of aromatic nitrogens is 2. The second-order valence-corrected chi connectivity index (χ2v) is 14.3. The first-order valence-corrected chi connectivity index (χ1v) is 17.9. The first-order chi connectivity index (χ1) is 23.3. The summed E-state index contributed by atoms with van der Waals surface area (Å²) in [5.74, 6) is 0.172. The zero-order valence-electron chi connectivity index (χ0n) is 26.8. The van der Waals surface area contributed by atoms with E-state index < -0.39 is 15.9 Å². The molecule has 1 aliphatic carbocycles. The molecule has 0 bridgehead atoms. The average Bonchev–Trinajstić information content (AvgIpc) is 3.94. The van der Waals surface area contributed by atoms with Crippen molar-refractivity contribution < 1.29 is 18.0 Å². The highest BCUT2D eigenvalue weighted by atomic mass is 32.2. The summed E-state index contributed by atoms with van der Waals surface area (Å²) >= 11 is 0. The molecule has 0 spiro atoms. The summed E-state index contributed by atoms with van der Waals surface area (Å²) < 4.78 is 28.9. The van der Waals surface area contributed by atoms with Gasteiger partial charge in [0, 0.05) is 49.1 Å². The van der Waals surface area contributed by atoms with Crippen molar-refractivity contribution in [1.29, 1.82) is 0 Å². The van der Waals surface area contributed by atoms with Crippen molar-refractivity contribution in [2.75, 3.05) is 24.5 Å². The van der Waals surface area contributed by atoms with E-state index in [-0.39, 0.29) is 21.9 Å². The van der Waals surface area contributed by atoms with Crippen LogP contribution in [0.25, 0.3) is 22.0 Å². The highest BCUT2D eigenvalue weighted by Gasteiger charge is 2.28. The summed E-state index contributed by atoms with van der Waals surface area (Å²) in [5.41, 5.74) is 3.74. The van der Waals surface area contributed by atoms with Gasteiger partial charge in [-0.1, -0.05) is 67.6 Å². The van der Waals surface area contributed by atoms with E-state index in [1.54, 1.807) is 35.4 Å². The molecule has 244 valence electrons. The van der Waals surface area contributed by atoms with Crippen molar-refractivity contribution in [1.82, 2.24) is 19.6 Å². The molecule has 2 amide bonds. The van der Waals surface area contributed by atoms with Crippen molar-refractivity contribution in [3.05, 3.63) is 119 Å². The van der Waals surface area contributed by atoms with E-state index in [0.717, 1.165) is 35.8 Å². The van der Waals surface area contributed by atoms with Crippen LogP contribution in [0, 0.1) is 5.92 Å². The van der Waals surface area contributed by atoms with Gasteiger partial charge >= 0.3 is 0 Å². The Hall–Kier alpha value is -5.09. The van der Waals surface area contributed by atoms with E-state index in [2.05, 4.69) is 27.6 Å². The number of nitrogens with zero attached hydrogens (tertiary/aromatic N) is 4. The van der Waals surface area contributed by atoms with E-state index in [4.69, 9.17) is 4.98 Å². The lowest BCUT2D eigenvalue weighted by molar-refractivity contribution is 0.0735. The lowest BCUT2D eigenvalue weighted by atomic mass is 9.96. The van der Waals surface area contributed by atoms with Gasteiger partial charge in [0.15, 0.2) is 0 Å². The summed E-state index contributed by atoms with van der Waals surface area (Å²) in [6, 6.07) is 26.7. The summed E-state index contributed by atoms with van der Waals surface area (Å²) in [7, 11) is -4.20. The number of nitrogens with one attached hydrogen (secondary N) is 1. The number of carbonyl (C=O) groups excluding carboxylic acids is 2. The van der Waals surface area contributed by atoms with Crippen LogP contribution in [-0.2, 0) is 23.0 Å². The van der Waals surface area contributed by atoms with Gasteiger partial charge in [-0.25, -0.2) is 23.1 Å². The van der Waals surface area contributed by atoms with E-state index in [9.17, 15) is 18.0 Å². The molecule has 4 aromatic carbocycles. The molecule has 1 fully saturated rings. The molecule has 0 saturated heterocycles. The normalized spacial score (nSPS) is 14.4. The second-order valence-electron chi connectivity index (χ2n) is 12.6. The molecule has 48 heavy (non-hydrogen) atoms. The Labute approximate surface area is 280 Å². The third kappa shape index (κ3) is 6.66. The minimum atomic E-state index is -4.20. The van der Waals surface area contributed by atoms with Gasteiger partial charge < -0.3 is 9.80 Å². The zero-order chi connectivity index (χ0) is 33.3. The van der Waals surface area contributed by atoms with Crippen molar-refractivity contribution in [3.63, 3.8) is 0 Å². The van der Waals surface area contributed by atoms with E-state index in [1.807, 2.05) is 42.5 Å². The molecule has 0 atom stereocenters. The Balaban J connectivity index is 1.23. The molecule has 1 aliphatic heterocycles. The van der Waals surface area contributed by atoms with E-state index in [0.29, 0.717) is 42.6 Å². The number of rotatable bonds is 10. The molecule has 10 heteroatoms. The number of anilines is 1. The van der Waals surface area contributed by atoms with Crippen molar-refractivity contribution in [2.45, 2.75) is 44.0 Å². The van der Waals surface area contributed by atoms with E-state index in [1.165, 1.54) is 36.6 Å². The average molecular weight is 660 g/mol. The molecule has 1 aromatic heterocycles. The fourth-order valence-corrected chi connectivity index (χ4v) is 7.31. The minimum absolute atomic E-state index is 0.0224. The molecule has 1 saturated carbocycles. The molecular formula is C38H37N5O4S. The topological polar surface area (TPSA) is 113 Å². The fraction of sp³-hybridized carbons (Fsp3) is 0.263. The first-order valence-electron chi connectivity index (χ1n) is 16.4. The van der Waals surface area contributed by atoms with Crippen LogP contribution < -0.4 is 9.62 Å². The Bertz CT molecular complexity index is 2130. The molecule has 2 aliphatic rings. The standard InChI is InChI=1S/C38H37N5O4S/c1-2-20-43(24-26-11-12-26)38-39-19-17-35(40-38)33-16-14-30(23-34(33)37(45)42-21-18-28-8-4-6-10-31(28)25-42)36(44)41-48(46,47)32-15-13-27-7-3-5-9-29(27)22-32/h3-10,13-17,19,22-23,26H,2,11-12,18,20-21,24-25H2,1H3,(H,41,44). The Morgan fingerprint density at radius 3 is 2.48 bits per heavy atom. The highest BCUT2D eigenvalue weighted by molar-refractivity contribution is 7.90. The predicted molar refractivity (Wildman–Crippen MR) is 186 cm³/mol. The quantitative estimate of drug-likeness (QED) is 0.189. The van der Waals surface area contributed by atoms with Crippen LogP contribution in [0.2, 0.25) is 0 Å². The van der Waals surface area contributed by atoms with Gasteiger partial charge in [-0.15, -0.1) is 0 Å². The van der Waals surface area contributed by atoms with Gasteiger partial charge in [0.25, 0.3) is 21.8 Å². The summed E-state index contributed by atoms with van der Waals surface area (Å²) in [5, 5.41) is 1.63. The van der Waals surface area contributed by atoms with Gasteiger partial charge in [-0.05, 0) is 83.8 Å². The van der Waals surface area contributed by atoms with E-state index >= 15 is 0 Å². The summed E-state index contributed by atoms with van der Waals surface area (Å²) in [6.45, 7) is 4.79. The van der Waals surface area contributed by atoms with Crippen LogP contribution in [-0.4, -0.2) is 54.7 Å². The Kier molecular flexibility index (Phi) is 8.66. The second kappa shape index (κ2) is 13.2. The molecule has 0 unspecified atom stereocenters. The van der Waals surface area contributed by atoms with Gasteiger partial charge in [0.2, 0.25) is 5.95 Å². The van der Waals surface area contributed by atoms with Crippen LogP contribution in [0.5, 0.6) is 0 Å². The number of hydrogen-bond donors (Lipinski definition) is 1.